The normalized spacial score (nSPS) is 12.6. The van der Waals surface area contributed by atoms with Crippen LogP contribution in [0.25, 0.3) is 0 Å². The Bertz CT molecular complexity index is 465. The third-order valence-corrected chi connectivity index (χ3v) is 3.77. The van der Waals surface area contributed by atoms with Crippen LogP contribution in [0.15, 0.2) is 11.2 Å². The second-order valence-electron chi connectivity index (χ2n) is 5.01. The minimum Gasteiger partial charge on any atom is -0.310 e. The van der Waals surface area contributed by atoms with Gasteiger partial charge in [-0.05, 0) is 5.92 Å². The molecule has 1 heterocycles. The molecule has 0 unspecified atom stereocenters. The first kappa shape index (κ1) is 15.1. The molecular weight excluding hydrogens is 252 g/mol. The fourth-order valence-corrected chi connectivity index (χ4v) is 2.66. The van der Waals surface area contributed by atoms with E-state index in [2.05, 4.69) is 20.2 Å². The highest BCUT2D eigenvalue weighted by molar-refractivity contribution is 7.89. The maximum atomic E-state index is 12.1. The second-order valence-corrected chi connectivity index (χ2v) is 6.71. The number of rotatable bonds is 7. The molecule has 0 aliphatic heterocycles. The maximum absolute atomic E-state index is 12.1. The van der Waals surface area contributed by atoms with Crippen LogP contribution in [-0.2, 0) is 16.6 Å². The van der Waals surface area contributed by atoms with Gasteiger partial charge in [-0.25, -0.2) is 13.1 Å². The largest absolute Gasteiger partial charge is 0.310 e. The van der Waals surface area contributed by atoms with Gasteiger partial charge in [0, 0.05) is 24.7 Å². The van der Waals surface area contributed by atoms with E-state index in [-0.39, 0.29) is 10.9 Å². The van der Waals surface area contributed by atoms with E-state index in [4.69, 9.17) is 0 Å². The van der Waals surface area contributed by atoms with Gasteiger partial charge in [-0.2, -0.15) is 5.10 Å². The predicted molar refractivity (Wildman–Crippen MR) is 70.6 cm³/mol. The molecular formula is C11H22N4O2S. The summed E-state index contributed by atoms with van der Waals surface area (Å²) >= 11 is 0. The van der Waals surface area contributed by atoms with Gasteiger partial charge in [0.2, 0.25) is 0 Å². The van der Waals surface area contributed by atoms with Gasteiger partial charge in [-0.15, -0.1) is 0 Å². The summed E-state index contributed by atoms with van der Waals surface area (Å²) in [6.07, 6.45) is 1.54. The Hall–Kier alpha value is -0.920. The molecule has 3 N–H and O–H groups in total. The van der Waals surface area contributed by atoms with Gasteiger partial charge >= 0.3 is 0 Å². The third kappa shape index (κ3) is 4.40. The summed E-state index contributed by atoms with van der Waals surface area (Å²) in [4.78, 5) is 0. The summed E-state index contributed by atoms with van der Waals surface area (Å²) in [5, 5.41) is 9.68. The van der Waals surface area contributed by atoms with Crippen LogP contribution in [0, 0.1) is 5.92 Å². The zero-order chi connectivity index (χ0) is 13.8. The second kappa shape index (κ2) is 6.31. The molecule has 0 saturated carbocycles. The van der Waals surface area contributed by atoms with Crippen molar-refractivity contribution in [2.24, 2.45) is 5.92 Å². The quantitative estimate of drug-likeness (QED) is 0.687. The van der Waals surface area contributed by atoms with Gasteiger partial charge in [0.05, 0.1) is 6.20 Å². The first-order valence-electron chi connectivity index (χ1n) is 6.08. The van der Waals surface area contributed by atoms with Gasteiger partial charge in [-0.3, -0.25) is 5.10 Å². The van der Waals surface area contributed by atoms with E-state index < -0.39 is 10.0 Å². The SMILES string of the molecule is CC(C)CNS(=O)(=O)c1[nH]ncc1CNC(C)C. The standard InChI is InChI=1S/C11H22N4O2S/c1-8(2)5-14-18(16,17)11-10(7-13-15-11)6-12-9(3)4/h7-9,12,14H,5-6H2,1-4H3,(H,13,15). The Morgan fingerprint density at radius 2 is 2.00 bits per heavy atom. The molecule has 1 aromatic rings. The molecule has 1 aromatic heterocycles. The van der Waals surface area contributed by atoms with E-state index in [1.165, 1.54) is 0 Å². The molecule has 0 saturated heterocycles. The van der Waals surface area contributed by atoms with Crippen LogP contribution in [0.4, 0.5) is 0 Å². The fraction of sp³-hybridized carbons (Fsp3) is 0.727. The zero-order valence-corrected chi connectivity index (χ0v) is 12.1. The first-order chi connectivity index (χ1) is 8.33. The average Bonchev–Trinajstić information content (AvgIpc) is 2.72. The molecule has 0 fully saturated rings. The molecule has 6 nitrogen and oxygen atoms in total. The van der Waals surface area contributed by atoms with Crippen molar-refractivity contribution in [1.29, 1.82) is 0 Å². The molecule has 1 rings (SSSR count). The Morgan fingerprint density at radius 3 is 2.56 bits per heavy atom. The van der Waals surface area contributed by atoms with Crippen molar-refractivity contribution in [2.45, 2.75) is 45.3 Å². The molecule has 18 heavy (non-hydrogen) atoms. The molecule has 0 spiro atoms. The van der Waals surface area contributed by atoms with Gasteiger partial charge < -0.3 is 5.32 Å². The molecule has 0 amide bonds. The number of H-pyrrole nitrogens is 1. The zero-order valence-electron chi connectivity index (χ0n) is 11.3. The lowest BCUT2D eigenvalue weighted by Gasteiger charge is -2.10. The smallest absolute Gasteiger partial charge is 0.257 e. The number of hydrogen-bond acceptors (Lipinski definition) is 4. The number of aromatic nitrogens is 2. The summed E-state index contributed by atoms with van der Waals surface area (Å²) in [5.41, 5.74) is 0.653. The van der Waals surface area contributed by atoms with E-state index in [9.17, 15) is 8.42 Å². The number of sulfonamides is 1. The van der Waals surface area contributed by atoms with Gasteiger partial charge in [0.25, 0.3) is 10.0 Å². The van der Waals surface area contributed by atoms with Crippen LogP contribution in [-0.4, -0.2) is 31.2 Å². The van der Waals surface area contributed by atoms with E-state index >= 15 is 0 Å². The highest BCUT2D eigenvalue weighted by atomic mass is 32.2. The molecule has 0 bridgehead atoms. The van der Waals surface area contributed by atoms with E-state index in [1.807, 2.05) is 27.7 Å². The van der Waals surface area contributed by atoms with Crippen LogP contribution in [0.2, 0.25) is 0 Å². The number of nitrogens with one attached hydrogen (secondary N) is 3. The van der Waals surface area contributed by atoms with E-state index in [1.54, 1.807) is 6.20 Å². The number of hydrogen-bond donors (Lipinski definition) is 3. The Labute approximate surface area is 109 Å². The number of nitrogens with zero attached hydrogens (tertiary/aromatic N) is 1. The Kier molecular flexibility index (Phi) is 5.30. The van der Waals surface area contributed by atoms with Crippen LogP contribution in [0.3, 0.4) is 0 Å². The molecule has 0 aliphatic carbocycles. The fourth-order valence-electron chi connectivity index (χ4n) is 1.32. The minimum atomic E-state index is -3.50. The van der Waals surface area contributed by atoms with Crippen molar-refractivity contribution in [3.63, 3.8) is 0 Å². The first-order valence-corrected chi connectivity index (χ1v) is 7.56. The molecule has 0 atom stereocenters. The van der Waals surface area contributed by atoms with Crippen molar-refractivity contribution < 1.29 is 8.42 Å². The summed E-state index contributed by atoms with van der Waals surface area (Å²) < 4.78 is 26.7. The molecule has 0 radical (unpaired) electrons. The van der Waals surface area contributed by atoms with E-state index in [0.29, 0.717) is 24.7 Å². The summed E-state index contributed by atoms with van der Waals surface area (Å²) in [6.45, 7) is 8.81. The monoisotopic (exact) mass is 274 g/mol. The summed E-state index contributed by atoms with van der Waals surface area (Å²) in [7, 11) is -3.50. The Balaban J connectivity index is 2.79. The van der Waals surface area contributed by atoms with Crippen LogP contribution < -0.4 is 10.0 Å². The van der Waals surface area contributed by atoms with Gasteiger partial charge in [0.1, 0.15) is 0 Å². The molecule has 0 aliphatic rings. The predicted octanol–water partition coefficient (Wildman–Crippen LogP) is 0.842. The van der Waals surface area contributed by atoms with Crippen LogP contribution >= 0.6 is 0 Å². The molecule has 0 aromatic carbocycles. The highest BCUT2D eigenvalue weighted by Crippen LogP contribution is 2.11. The lowest BCUT2D eigenvalue weighted by Crippen LogP contribution is -2.29. The minimum absolute atomic E-state index is 0.149. The van der Waals surface area contributed by atoms with Gasteiger partial charge in [0.15, 0.2) is 5.03 Å². The summed E-state index contributed by atoms with van der Waals surface area (Å²) in [5.74, 6) is 0.264. The average molecular weight is 274 g/mol. The summed E-state index contributed by atoms with van der Waals surface area (Å²) in [6, 6.07) is 0.291. The van der Waals surface area contributed by atoms with Crippen molar-refractivity contribution in [3.05, 3.63) is 11.8 Å². The lowest BCUT2D eigenvalue weighted by atomic mass is 10.2. The van der Waals surface area contributed by atoms with Crippen LogP contribution in [0.5, 0.6) is 0 Å². The van der Waals surface area contributed by atoms with E-state index in [0.717, 1.165) is 0 Å². The topological polar surface area (TPSA) is 86.9 Å². The van der Waals surface area contributed by atoms with Crippen molar-refractivity contribution in [3.8, 4) is 0 Å². The lowest BCUT2D eigenvalue weighted by molar-refractivity contribution is 0.550. The van der Waals surface area contributed by atoms with Crippen molar-refractivity contribution in [1.82, 2.24) is 20.2 Å². The maximum Gasteiger partial charge on any atom is 0.257 e. The Morgan fingerprint density at radius 1 is 1.33 bits per heavy atom. The van der Waals surface area contributed by atoms with Crippen LogP contribution in [0.1, 0.15) is 33.3 Å². The third-order valence-electron chi connectivity index (χ3n) is 2.33. The van der Waals surface area contributed by atoms with Gasteiger partial charge in [-0.1, -0.05) is 27.7 Å². The number of aromatic amines is 1. The van der Waals surface area contributed by atoms with Crippen molar-refractivity contribution in [2.75, 3.05) is 6.54 Å². The molecule has 7 heteroatoms. The molecule has 104 valence electrons. The highest BCUT2D eigenvalue weighted by Gasteiger charge is 2.20. The van der Waals surface area contributed by atoms with Crippen molar-refractivity contribution >= 4 is 10.0 Å².